The van der Waals surface area contributed by atoms with E-state index in [-0.39, 0.29) is 29.7 Å². The zero-order chi connectivity index (χ0) is 18.3. The zero-order valence-electron chi connectivity index (χ0n) is 14.2. The minimum atomic E-state index is -3.62. The van der Waals surface area contributed by atoms with E-state index in [0.29, 0.717) is 18.6 Å². The summed E-state index contributed by atoms with van der Waals surface area (Å²) >= 11 is 0. The molecule has 1 amide bonds. The van der Waals surface area contributed by atoms with Gasteiger partial charge in [-0.05, 0) is 37.3 Å². The zero-order valence-corrected chi connectivity index (χ0v) is 15.0. The molecule has 0 radical (unpaired) electrons. The number of hydrogen-bond donors (Lipinski definition) is 1. The maximum absolute atomic E-state index is 12.9. The van der Waals surface area contributed by atoms with Crippen LogP contribution in [0.2, 0.25) is 0 Å². The predicted octanol–water partition coefficient (Wildman–Crippen LogP) is 1.61. The maximum Gasteiger partial charge on any atom is 0.289 e. The van der Waals surface area contributed by atoms with E-state index in [0.717, 1.165) is 11.3 Å². The number of H-pyrrole nitrogens is 1. The topological polar surface area (TPSA) is 99.5 Å². The van der Waals surface area contributed by atoms with Gasteiger partial charge in [0.15, 0.2) is 5.76 Å². The van der Waals surface area contributed by atoms with Gasteiger partial charge in [-0.15, -0.1) is 0 Å². The van der Waals surface area contributed by atoms with Gasteiger partial charge in [-0.25, -0.2) is 13.4 Å². The van der Waals surface area contributed by atoms with Crippen LogP contribution < -0.4 is 0 Å². The summed E-state index contributed by atoms with van der Waals surface area (Å²) in [4.78, 5) is 21.5. The number of sulfonamides is 1. The van der Waals surface area contributed by atoms with E-state index in [1.54, 1.807) is 35.2 Å². The lowest BCUT2D eigenvalue weighted by Gasteiger charge is -2.33. The molecule has 2 aromatic heterocycles. The number of carbonyl (C=O) groups is 1. The molecule has 1 fully saturated rings. The number of rotatable bonds is 3. The Bertz CT molecular complexity index is 1050. The van der Waals surface area contributed by atoms with Crippen molar-refractivity contribution < 1.29 is 17.6 Å². The van der Waals surface area contributed by atoms with Gasteiger partial charge in [0.1, 0.15) is 5.82 Å². The number of aromatic nitrogens is 2. The minimum Gasteiger partial charge on any atom is -0.459 e. The summed E-state index contributed by atoms with van der Waals surface area (Å²) in [7, 11) is -3.62. The average molecular weight is 374 g/mol. The number of fused-ring (bicyclic) bond motifs is 1. The number of nitrogens with one attached hydrogen (secondary N) is 1. The molecule has 0 bridgehead atoms. The first-order valence-electron chi connectivity index (χ1n) is 8.24. The quantitative estimate of drug-likeness (QED) is 0.751. The van der Waals surface area contributed by atoms with Gasteiger partial charge in [-0.2, -0.15) is 4.31 Å². The number of benzene rings is 1. The Kier molecular flexibility index (Phi) is 4.04. The fourth-order valence-electron chi connectivity index (χ4n) is 3.11. The van der Waals surface area contributed by atoms with E-state index in [4.69, 9.17) is 4.42 Å². The Morgan fingerprint density at radius 1 is 1.19 bits per heavy atom. The van der Waals surface area contributed by atoms with Crippen LogP contribution in [0.4, 0.5) is 0 Å². The highest BCUT2D eigenvalue weighted by molar-refractivity contribution is 7.89. The monoisotopic (exact) mass is 374 g/mol. The summed E-state index contributed by atoms with van der Waals surface area (Å²) in [5, 5.41) is 0. The van der Waals surface area contributed by atoms with Crippen molar-refractivity contribution in [2.45, 2.75) is 11.8 Å². The molecule has 8 nitrogen and oxygen atoms in total. The van der Waals surface area contributed by atoms with Gasteiger partial charge < -0.3 is 14.3 Å². The third kappa shape index (κ3) is 2.89. The molecule has 0 saturated carbocycles. The summed E-state index contributed by atoms with van der Waals surface area (Å²) in [6.07, 6.45) is 1.45. The molecule has 136 valence electrons. The molecule has 26 heavy (non-hydrogen) atoms. The number of nitrogens with zero attached hydrogens (tertiary/aromatic N) is 3. The lowest BCUT2D eigenvalue weighted by atomic mass is 10.3. The van der Waals surface area contributed by atoms with Crippen LogP contribution in [0.5, 0.6) is 0 Å². The maximum atomic E-state index is 12.9. The molecule has 1 aromatic carbocycles. The van der Waals surface area contributed by atoms with Crippen molar-refractivity contribution in [3.05, 3.63) is 48.2 Å². The summed E-state index contributed by atoms with van der Waals surface area (Å²) in [5.41, 5.74) is 1.42. The minimum absolute atomic E-state index is 0.221. The average Bonchev–Trinajstić information content (AvgIpc) is 3.29. The number of imidazole rings is 1. The van der Waals surface area contributed by atoms with Crippen molar-refractivity contribution in [2.75, 3.05) is 26.2 Å². The Morgan fingerprint density at radius 3 is 2.65 bits per heavy atom. The van der Waals surface area contributed by atoms with Gasteiger partial charge in [0, 0.05) is 26.2 Å². The molecule has 0 spiro atoms. The fraction of sp³-hybridized carbons (Fsp3) is 0.294. The molecule has 3 heterocycles. The van der Waals surface area contributed by atoms with E-state index >= 15 is 0 Å². The molecule has 1 saturated heterocycles. The number of aryl methyl sites for hydroxylation is 1. The first-order chi connectivity index (χ1) is 12.4. The van der Waals surface area contributed by atoms with E-state index < -0.39 is 10.0 Å². The van der Waals surface area contributed by atoms with Crippen LogP contribution >= 0.6 is 0 Å². The molecule has 4 rings (SSSR count). The van der Waals surface area contributed by atoms with Crippen LogP contribution in [-0.4, -0.2) is 59.7 Å². The van der Waals surface area contributed by atoms with Crippen molar-refractivity contribution >= 4 is 27.0 Å². The van der Waals surface area contributed by atoms with E-state index in [2.05, 4.69) is 9.97 Å². The van der Waals surface area contributed by atoms with Crippen LogP contribution in [0.25, 0.3) is 11.0 Å². The molecule has 0 aliphatic carbocycles. The van der Waals surface area contributed by atoms with Crippen LogP contribution in [0, 0.1) is 6.92 Å². The van der Waals surface area contributed by atoms with Crippen molar-refractivity contribution in [3.8, 4) is 0 Å². The highest BCUT2D eigenvalue weighted by atomic mass is 32.2. The number of piperazine rings is 1. The van der Waals surface area contributed by atoms with Gasteiger partial charge in [0.2, 0.25) is 10.0 Å². The third-order valence-corrected chi connectivity index (χ3v) is 6.36. The Balaban J connectivity index is 1.51. The van der Waals surface area contributed by atoms with Crippen LogP contribution in [0.3, 0.4) is 0 Å². The highest BCUT2D eigenvalue weighted by Crippen LogP contribution is 2.22. The van der Waals surface area contributed by atoms with Crippen LogP contribution in [0.1, 0.15) is 16.4 Å². The SMILES string of the molecule is Cc1nc2ccc(S(=O)(=O)N3CCN(C(=O)c4ccco4)CC3)cc2[nH]1. The van der Waals surface area contributed by atoms with E-state index in [1.807, 2.05) is 6.92 Å². The molecular weight excluding hydrogens is 356 g/mol. The Labute approximate surface area is 150 Å². The number of amides is 1. The number of furan rings is 1. The first-order valence-corrected chi connectivity index (χ1v) is 9.68. The number of hydrogen-bond acceptors (Lipinski definition) is 5. The number of carbonyl (C=O) groups excluding carboxylic acids is 1. The number of aromatic amines is 1. The van der Waals surface area contributed by atoms with Gasteiger partial charge in [0.25, 0.3) is 5.91 Å². The first kappa shape index (κ1) is 16.8. The molecule has 0 unspecified atom stereocenters. The molecule has 9 heteroatoms. The molecular formula is C17H18N4O4S. The Morgan fingerprint density at radius 2 is 1.96 bits per heavy atom. The van der Waals surface area contributed by atoms with Gasteiger partial charge in [-0.3, -0.25) is 4.79 Å². The van der Waals surface area contributed by atoms with E-state index in [9.17, 15) is 13.2 Å². The van der Waals surface area contributed by atoms with Crippen molar-refractivity contribution in [3.63, 3.8) is 0 Å². The second-order valence-electron chi connectivity index (χ2n) is 6.17. The predicted molar refractivity (Wildman–Crippen MR) is 94.2 cm³/mol. The van der Waals surface area contributed by atoms with Crippen LogP contribution in [-0.2, 0) is 10.0 Å². The molecule has 1 aliphatic rings. The van der Waals surface area contributed by atoms with Crippen LogP contribution in [0.15, 0.2) is 45.9 Å². The molecule has 1 N–H and O–H groups in total. The summed E-state index contributed by atoms with van der Waals surface area (Å²) in [6, 6.07) is 8.13. The lowest BCUT2D eigenvalue weighted by molar-refractivity contribution is 0.0666. The standard InChI is InChI=1S/C17H18N4O4S/c1-12-18-14-5-4-13(11-15(14)19-12)26(23,24)21-8-6-20(7-9-21)17(22)16-3-2-10-25-16/h2-5,10-11H,6-9H2,1H3,(H,18,19). The summed E-state index contributed by atoms with van der Waals surface area (Å²) < 4.78 is 32.4. The summed E-state index contributed by atoms with van der Waals surface area (Å²) in [5.74, 6) is 0.780. The van der Waals surface area contributed by atoms with Gasteiger partial charge in [-0.1, -0.05) is 0 Å². The van der Waals surface area contributed by atoms with Gasteiger partial charge in [0.05, 0.1) is 22.2 Å². The van der Waals surface area contributed by atoms with E-state index in [1.165, 1.54) is 10.6 Å². The normalized spacial score (nSPS) is 16.3. The van der Waals surface area contributed by atoms with Crippen molar-refractivity contribution in [1.82, 2.24) is 19.2 Å². The smallest absolute Gasteiger partial charge is 0.289 e. The molecule has 0 atom stereocenters. The molecule has 1 aliphatic heterocycles. The molecule has 3 aromatic rings. The van der Waals surface area contributed by atoms with Crippen molar-refractivity contribution in [2.24, 2.45) is 0 Å². The second-order valence-corrected chi connectivity index (χ2v) is 8.11. The van der Waals surface area contributed by atoms with Gasteiger partial charge >= 0.3 is 0 Å². The largest absolute Gasteiger partial charge is 0.459 e. The highest BCUT2D eigenvalue weighted by Gasteiger charge is 2.31. The summed E-state index contributed by atoms with van der Waals surface area (Å²) in [6.45, 7) is 2.96. The van der Waals surface area contributed by atoms with Crippen molar-refractivity contribution in [1.29, 1.82) is 0 Å². The fourth-order valence-corrected chi connectivity index (χ4v) is 4.56. The third-order valence-electron chi connectivity index (χ3n) is 4.47. The second kappa shape index (κ2) is 6.26. The lowest BCUT2D eigenvalue weighted by Crippen LogP contribution is -2.50. The Hall–Kier alpha value is -2.65.